The van der Waals surface area contributed by atoms with Crippen molar-refractivity contribution in [1.82, 2.24) is 30.9 Å². The second-order valence-corrected chi connectivity index (χ2v) is 23.0. The van der Waals surface area contributed by atoms with Gasteiger partial charge in [-0.3, -0.25) is 19.1 Å². The number of nitrogens with zero attached hydrogens (tertiary/aromatic N) is 3. The average Bonchev–Trinajstić information content (AvgIpc) is 4.10. The van der Waals surface area contributed by atoms with E-state index < -0.39 is 5.78 Å². The number of ketones is 1. The number of hydrogen-bond donors (Lipinski definition) is 6. The summed E-state index contributed by atoms with van der Waals surface area (Å²) in [6.45, 7) is 14.0. The molecule has 7 rings (SSSR count). The Morgan fingerprint density at radius 3 is 2.17 bits per heavy atom. The Labute approximate surface area is 451 Å². The number of ether oxygens (including phenoxy) is 3. The lowest BCUT2D eigenvalue weighted by molar-refractivity contribution is -0.131. The molecule has 2 aromatic carbocycles. The highest BCUT2D eigenvalue weighted by Gasteiger charge is 2.59. The summed E-state index contributed by atoms with van der Waals surface area (Å²) < 4.78 is 17.3. The fourth-order valence-corrected chi connectivity index (χ4v) is 13.4. The van der Waals surface area contributed by atoms with Crippen molar-refractivity contribution in [2.75, 3.05) is 47.1 Å². The predicted octanol–water partition coefficient (Wildman–Crippen LogP) is 10.1. The molecule has 1 aromatic heterocycles. The lowest BCUT2D eigenvalue weighted by atomic mass is 9.47. The van der Waals surface area contributed by atoms with Crippen molar-refractivity contribution in [3.63, 3.8) is 0 Å². The normalized spacial score (nSPS) is 24.8. The third kappa shape index (κ3) is 14.8. The van der Waals surface area contributed by atoms with Crippen LogP contribution in [0.1, 0.15) is 135 Å². The van der Waals surface area contributed by atoms with Gasteiger partial charge in [0.15, 0.2) is 28.8 Å². The predicted molar refractivity (Wildman–Crippen MR) is 297 cm³/mol. The number of carbonyl (C=O) groups excluding carboxylic acids is 3. The molecule has 0 radical (unpaired) electrons. The highest BCUT2D eigenvalue weighted by atomic mass is 16.5. The summed E-state index contributed by atoms with van der Waals surface area (Å²) in [5.41, 5.74) is 4.19. The molecular weight excluding hydrogens is 961 g/mol. The summed E-state index contributed by atoms with van der Waals surface area (Å²) in [4.78, 5) is 38.6. The standard InChI is InChI=1S/C61H86N6O9/c1-40(2)11-10-12-41(3)49-19-20-50-47-18-17-44-35-45(25-27-60(44,4)51(47)26-28-61(49,50)5)62-29-8-9-30-63-58(72)38-76-39-59(73)64-31-32-67-37-46(65-66-67)36-48(52(68)21-13-42-15-23-54(70)56(33-42)74-6)53(69)22-14-43-16-24-55(71)57(34-43)75-7/h13-17,21-24,33-34,37,40-41,45,47,49-51,62,68,70-71H,8-12,18-20,25-32,35-36,38-39H2,1-7H3,(H,63,72)(H,64,73)/b21-13+,22-14+,52-48-/t41-,45+,47+,49-,50+,51+,60+,61-/m1/s1. The molecule has 3 aromatic rings. The molecule has 4 aliphatic carbocycles. The Bertz CT molecular complexity index is 2580. The average molecular weight is 1050 g/mol. The van der Waals surface area contributed by atoms with Gasteiger partial charge in [0, 0.05) is 37.3 Å². The maximum atomic E-state index is 13.6. The van der Waals surface area contributed by atoms with Gasteiger partial charge in [0.2, 0.25) is 11.8 Å². The molecule has 15 nitrogen and oxygen atoms in total. The summed E-state index contributed by atoms with van der Waals surface area (Å²) >= 11 is 0. The Balaban J connectivity index is 0.780. The van der Waals surface area contributed by atoms with Gasteiger partial charge >= 0.3 is 0 Å². The largest absolute Gasteiger partial charge is 0.508 e. The second kappa shape index (κ2) is 26.9. The van der Waals surface area contributed by atoms with Crippen molar-refractivity contribution in [3.05, 3.63) is 94.5 Å². The molecule has 3 fully saturated rings. The molecule has 0 saturated heterocycles. The second-order valence-electron chi connectivity index (χ2n) is 23.0. The Hall–Kier alpha value is -5.93. The molecule has 1 heterocycles. The first-order valence-corrected chi connectivity index (χ1v) is 28.0. The van der Waals surface area contributed by atoms with Crippen LogP contribution in [0.2, 0.25) is 0 Å². The van der Waals surface area contributed by atoms with Gasteiger partial charge in [-0.1, -0.05) is 95.0 Å². The lowest BCUT2D eigenvalue weighted by Crippen LogP contribution is -2.51. The van der Waals surface area contributed by atoms with Crippen molar-refractivity contribution in [2.24, 2.45) is 46.3 Å². The number of amides is 2. The van der Waals surface area contributed by atoms with E-state index in [0.29, 0.717) is 40.2 Å². The Kier molecular flexibility index (Phi) is 20.4. The topological polar surface area (TPSA) is 206 Å². The minimum absolute atomic E-state index is 0.0278. The van der Waals surface area contributed by atoms with Gasteiger partial charge in [-0.05, 0) is 165 Å². The molecule has 15 heteroatoms. The number of aromatic nitrogens is 3. The number of aromatic hydroxyl groups is 2. The molecule has 8 atom stereocenters. The van der Waals surface area contributed by atoms with Crippen LogP contribution in [0.3, 0.4) is 0 Å². The number of methoxy groups -OCH3 is 2. The zero-order valence-electron chi connectivity index (χ0n) is 46.2. The van der Waals surface area contributed by atoms with Gasteiger partial charge < -0.3 is 45.5 Å². The van der Waals surface area contributed by atoms with Gasteiger partial charge in [-0.15, -0.1) is 5.10 Å². The molecule has 6 N–H and O–H groups in total. The Morgan fingerprint density at radius 2 is 1.49 bits per heavy atom. The fourth-order valence-electron chi connectivity index (χ4n) is 13.4. The maximum Gasteiger partial charge on any atom is 0.246 e. The monoisotopic (exact) mass is 1050 g/mol. The van der Waals surface area contributed by atoms with Crippen LogP contribution in [0, 0.1) is 46.3 Å². The van der Waals surface area contributed by atoms with Gasteiger partial charge in [0.25, 0.3) is 0 Å². The maximum absolute atomic E-state index is 13.6. The van der Waals surface area contributed by atoms with Crippen LogP contribution in [0.15, 0.2) is 77.7 Å². The van der Waals surface area contributed by atoms with Gasteiger partial charge in [0.1, 0.15) is 19.0 Å². The van der Waals surface area contributed by atoms with E-state index in [1.54, 1.807) is 42.1 Å². The number of hydrogen-bond acceptors (Lipinski definition) is 12. The number of nitrogens with one attached hydrogen (secondary N) is 3. The minimum Gasteiger partial charge on any atom is -0.508 e. The minimum atomic E-state index is -0.502. The van der Waals surface area contributed by atoms with E-state index in [4.69, 9.17) is 14.2 Å². The third-order valence-electron chi connectivity index (χ3n) is 17.6. The summed E-state index contributed by atoms with van der Waals surface area (Å²) in [5.74, 6) is 4.06. The molecule has 0 spiro atoms. The first-order chi connectivity index (χ1) is 36.5. The number of aliphatic hydroxyl groups is 1. The molecule has 0 aliphatic heterocycles. The van der Waals surface area contributed by atoms with Crippen molar-refractivity contribution in [3.8, 4) is 23.0 Å². The summed E-state index contributed by atoms with van der Waals surface area (Å²) in [6, 6.07) is 9.82. The van der Waals surface area contributed by atoms with Crippen molar-refractivity contribution < 1.29 is 43.9 Å². The van der Waals surface area contributed by atoms with Crippen LogP contribution in [-0.2, 0) is 32.1 Å². The quantitative estimate of drug-likeness (QED) is 0.0139. The van der Waals surface area contributed by atoms with Crippen molar-refractivity contribution >= 4 is 29.7 Å². The van der Waals surface area contributed by atoms with Crippen molar-refractivity contribution in [2.45, 2.75) is 137 Å². The Morgan fingerprint density at radius 1 is 0.816 bits per heavy atom. The lowest BCUT2D eigenvalue weighted by Gasteiger charge is -2.58. The zero-order valence-corrected chi connectivity index (χ0v) is 46.2. The van der Waals surface area contributed by atoms with Crippen LogP contribution in [0.4, 0.5) is 0 Å². The fraction of sp³-hybridized carbons (Fsp3) is 0.590. The number of phenols is 2. The molecule has 76 heavy (non-hydrogen) atoms. The number of carbonyl (C=O) groups is 3. The van der Waals surface area contributed by atoms with Crippen LogP contribution >= 0.6 is 0 Å². The molecule has 414 valence electrons. The number of unbranched alkanes of at least 4 members (excludes halogenated alkanes) is 1. The smallest absolute Gasteiger partial charge is 0.246 e. The van der Waals surface area contributed by atoms with Crippen LogP contribution in [0.5, 0.6) is 23.0 Å². The molecule has 4 aliphatic rings. The van der Waals surface area contributed by atoms with Gasteiger partial charge in [-0.2, -0.15) is 0 Å². The first-order valence-electron chi connectivity index (χ1n) is 28.0. The number of phenolic OH excluding ortho intramolecular Hbond substituents is 2. The van der Waals surface area contributed by atoms with Gasteiger partial charge in [0.05, 0.1) is 26.5 Å². The molecule has 0 unspecified atom stereocenters. The number of rotatable bonds is 27. The first kappa shape index (κ1) is 57.8. The van der Waals surface area contributed by atoms with Crippen LogP contribution in [-0.4, -0.2) is 101 Å². The molecule has 0 bridgehead atoms. The van der Waals surface area contributed by atoms with E-state index in [1.165, 1.54) is 113 Å². The number of benzene rings is 2. The van der Waals surface area contributed by atoms with E-state index in [2.05, 4.69) is 67.0 Å². The summed E-state index contributed by atoms with van der Waals surface area (Å²) in [5, 5.41) is 49.0. The van der Waals surface area contributed by atoms with E-state index in [-0.39, 0.29) is 78.9 Å². The van der Waals surface area contributed by atoms with Crippen LogP contribution < -0.4 is 25.4 Å². The van der Waals surface area contributed by atoms with Gasteiger partial charge in [-0.25, -0.2) is 0 Å². The van der Waals surface area contributed by atoms with E-state index in [0.717, 1.165) is 61.3 Å². The molecular formula is C61H86N6O9. The SMILES string of the molecule is COc1cc(/C=C/C(=O)/C(Cc2cn(CCNC(=O)COCC(=O)NCCCCN[C@H]3CC[C@@]4(C)C(=CC[C@H]5[C@@H]6CC[C@H]([C@H](C)CCCC(C)C)[C@@]6(C)CC[C@@H]54)C3)nn2)=C(O)/C=C/c2ccc(O)c(OC)c2)ccc1O. The number of aliphatic hydroxyl groups excluding tert-OH is 1. The highest BCUT2D eigenvalue weighted by molar-refractivity contribution is 6.07. The van der Waals surface area contributed by atoms with E-state index in [1.807, 2.05) is 0 Å². The summed E-state index contributed by atoms with van der Waals surface area (Å²) in [7, 11) is 2.85. The highest BCUT2D eigenvalue weighted by Crippen LogP contribution is 2.67. The van der Waals surface area contributed by atoms with Crippen molar-refractivity contribution in [1.29, 1.82) is 0 Å². The van der Waals surface area contributed by atoms with E-state index in [9.17, 15) is 29.7 Å². The number of fused-ring (bicyclic) bond motifs is 5. The summed E-state index contributed by atoms with van der Waals surface area (Å²) in [6.07, 6.45) is 26.6. The molecule has 3 saturated carbocycles. The molecule has 2 amide bonds. The zero-order chi connectivity index (χ0) is 54.4. The number of allylic oxidation sites excluding steroid dienone is 4. The van der Waals surface area contributed by atoms with E-state index >= 15 is 0 Å². The van der Waals surface area contributed by atoms with Crippen LogP contribution in [0.25, 0.3) is 12.2 Å². The third-order valence-corrected chi connectivity index (χ3v) is 17.6.